The van der Waals surface area contributed by atoms with Crippen molar-refractivity contribution in [3.63, 3.8) is 0 Å². The van der Waals surface area contributed by atoms with E-state index >= 15 is 0 Å². The Balaban J connectivity index is 2.17. The van der Waals surface area contributed by atoms with Gasteiger partial charge in [0.1, 0.15) is 5.78 Å². The maximum Gasteiger partial charge on any atom is 0.270 e. The van der Waals surface area contributed by atoms with Crippen LogP contribution in [-0.2, 0) is 4.79 Å². The number of benzene rings is 1. The molecule has 1 aliphatic carbocycles. The summed E-state index contributed by atoms with van der Waals surface area (Å²) in [5, 5.41) is 10.7. The lowest BCUT2D eigenvalue weighted by molar-refractivity contribution is -0.384. The van der Waals surface area contributed by atoms with Gasteiger partial charge in [-0.15, -0.1) is 0 Å². The quantitative estimate of drug-likeness (QED) is 0.463. The van der Waals surface area contributed by atoms with E-state index in [1.54, 1.807) is 12.1 Å². The van der Waals surface area contributed by atoms with Gasteiger partial charge in [-0.2, -0.15) is 0 Å². The number of carbonyl (C=O) groups excluding carboxylic acids is 1. The van der Waals surface area contributed by atoms with E-state index in [0.717, 1.165) is 22.1 Å². The molecule has 1 aromatic rings. The molecular weight excluding hydrogens is 359 g/mol. The van der Waals surface area contributed by atoms with E-state index in [1.807, 2.05) is 7.05 Å². The molecule has 0 saturated heterocycles. The smallest absolute Gasteiger partial charge is 0.270 e. The van der Waals surface area contributed by atoms with E-state index in [9.17, 15) is 14.9 Å². The van der Waals surface area contributed by atoms with Crippen molar-refractivity contribution in [2.75, 3.05) is 11.9 Å². The average Bonchev–Trinajstić information content (AvgIpc) is 2.38. The minimum Gasteiger partial charge on any atom is -0.371 e. The molecule has 0 bridgehead atoms. The molecule has 1 fully saturated rings. The van der Waals surface area contributed by atoms with E-state index in [0.29, 0.717) is 24.7 Å². The Morgan fingerprint density at radius 3 is 2.53 bits per heavy atom. The molecule has 2 rings (SSSR count). The largest absolute Gasteiger partial charge is 0.371 e. The number of ketones is 1. The molecule has 5 nitrogen and oxygen atoms in total. The molecule has 19 heavy (non-hydrogen) atoms. The third-order valence-electron chi connectivity index (χ3n) is 3.58. The van der Waals surface area contributed by atoms with Crippen LogP contribution in [0.2, 0.25) is 0 Å². The molecule has 0 aromatic heterocycles. The third-order valence-corrected chi connectivity index (χ3v) is 4.45. The third kappa shape index (κ3) is 3.23. The number of Topliss-reactive ketones (excluding diaryl/α,β-unsaturated/α-hetero) is 1. The first-order valence-corrected chi connectivity index (χ1v) is 7.25. The van der Waals surface area contributed by atoms with Gasteiger partial charge in [0.15, 0.2) is 0 Å². The number of nitrogens with zero attached hydrogens (tertiary/aromatic N) is 2. The van der Waals surface area contributed by atoms with Crippen LogP contribution in [0.5, 0.6) is 0 Å². The molecule has 0 N–H and O–H groups in total. The van der Waals surface area contributed by atoms with Crippen molar-refractivity contribution >= 4 is 39.7 Å². The number of hydrogen-bond acceptors (Lipinski definition) is 4. The second-order valence-corrected chi connectivity index (χ2v) is 5.94. The number of nitro benzene ring substituents is 1. The fourth-order valence-electron chi connectivity index (χ4n) is 2.40. The number of halogens is 1. The zero-order valence-corrected chi connectivity index (χ0v) is 12.8. The van der Waals surface area contributed by atoms with Gasteiger partial charge >= 0.3 is 0 Å². The molecule has 0 aliphatic heterocycles. The molecule has 0 heterocycles. The Bertz CT molecular complexity index is 509. The van der Waals surface area contributed by atoms with Crippen LogP contribution < -0.4 is 4.90 Å². The highest BCUT2D eigenvalue weighted by atomic mass is 127. The van der Waals surface area contributed by atoms with Crippen molar-refractivity contribution in [2.45, 2.75) is 31.7 Å². The van der Waals surface area contributed by atoms with Gasteiger partial charge in [-0.25, -0.2) is 0 Å². The van der Waals surface area contributed by atoms with Gasteiger partial charge in [0, 0.05) is 41.6 Å². The van der Waals surface area contributed by atoms with E-state index < -0.39 is 0 Å². The van der Waals surface area contributed by atoms with Crippen LogP contribution in [0.1, 0.15) is 25.7 Å². The van der Waals surface area contributed by atoms with E-state index in [4.69, 9.17) is 0 Å². The van der Waals surface area contributed by atoms with Crippen LogP contribution in [0.3, 0.4) is 0 Å². The molecule has 6 heteroatoms. The van der Waals surface area contributed by atoms with Gasteiger partial charge in [0.25, 0.3) is 5.69 Å². The summed E-state index contributed by atoms with van der Waals surface area (Å²) in [7, 11) is 1.99. The SMILES string of the molecule is CN(c1ccc([N+](=O)[O-])cc1I)C1CCC(=O)CC1. The lowest BCUT2D eigenvalue weighted by Crippen LogP contribution is -2.35. The van der Waals surface area contributed by atoms with Gasteiger partial charge in [-0.05, 0) is 41.5 Å². The van der Waals surface area contributed by atoms with Gasteiger partial charge in [0.05, 0.1) is 10.6 Å². The van der Waals surface area contributed by atoms with Crippen LogP contribution in [0.25, 0.3) is 0 Å². The van der Waals surface area contributed by atoms with Crippen molar-refractivity contribution in [2.24, 2.45) is 0 Å². The number of rotatable bonds is 3. The highest BCUT2D eigenvalue weighted by Gasteiger charge is 2.24. The summed E-state index contributed by atoms with van der Waals surface area (Å²) in [6, 6.07) is 5.24. The maximum absolute atomic E-state index is 11.3. The molecular formula is C13H15IN2O3. The molecule has 1 aromatic carbocycles. The Kier molecular flexibility index (Phi) is 4.38. The Hall–Kier alpha value is -1.18. The molecule has 102 valence electrons. The summed E-state index contributed by atoms with van der Waals surface area (Å²) < 4.78 is 0.867. The minimum absolute atomic E-state index is 0.111. The van der Waals surface area contributed by atoms with Crippen molar-refractivity contribution in [3.05, 3.63) is 31.9 Å². The molecule has 1 saturated carbocycles. The van der Waals surface area contributed by atoms with Crippen LogP contribution >= 0.6 is 22.6 Å². The van der Waals surface area contributed by atoms with Crippen molar-refractivity contribution < 1.29 is 9.72 Å². The molecule has 0 atom stereocenters. The van der Waals surface area contributed by atoms with Crippen LogP contribution in [0, 0.1) is 13.7 Å². The fraction of sp³-hybridized carbons (Fsp3) is 0.462. The highest BCUT2D eigenvalue weighted by Crippen LogP contribution is 2.30. The summed E-state index contributed by atoms with van der Waals surface area (Å²) in [6.45, 7) is 0. The predicted octanol–water partition coefficient (Wildman–Crippen LogP) is 3.15. The van der Waals surface area contributed by atoms with Crippen molar-refractivity contribution in [1.82, 2.24) is 0 Å². The first kappa shape index (κ1) is 14.2. The molecule has 0 unspecified atom stereocenters. The second kappa shape index (κ2) is 5.85. The molecule has 0 spiro atoms. The van der Waals surface area contributed by atoms with Crippen molar-refractivity contribution in [3.8, 4) is 0 Å². The number of carbonyl (C=O) groups is 1. The van der Waals surface area contributed by atoms with Gasteiger partial charge in [0.2, 0.25) is 0 Å². The van der Waals surface area contributed by atoms with E-state index in [-0.39, 0.29) is 10.6 Å². The Morgan fingerprint density at radius 1 is 1.37 bits per heavy atom. The second-order valence-electron chi connectivity index (χ2n) is 4.77. The Morgan fingerprint density at radius 2 is 2.00 bits per heavy atom. The lowest BCUT2D eigenvalue weighted by atomic mass is 9.93. The van der Waals surface area contributed by atoms with Gasteiger partial charge in [-0.1, -0.05) is 0 Å². The number of hydrogen-bond donors (Lipinski definition) is 0. The summed E-state index contributed by atoms with van der Waals surface area (Å²) in [6.07, 6.45) is 3.00. The summed E-state index contributed by atoms with van der Waals surface area (Å²) in [4.78, 5) is 23.7. The zero-order valence-electron chi connectivity index (χ0n) is 10.6. The van der Waals surface area contributed by atoms with Crippen LogP contribution in [0.4, 0.5) is 11.4 Å². The normalized spacial score (nSPS) is 16.4. The standard InChI is InChI=1S/C13H15IN2O3/c1-15(9-2-5-11(17)6-3-9)13-7-4-10(16(18)19)8-12(13)14/h4,7-9H,2-3,5-6H2,1H3. The van der Waals surface area contributed by atoms with Gasteiger partial charge in [-0.3, -0.25) is 14.9 Å². The van der Waals surface area contributed by atoms with Gasteiger partial charge < -0.3 is 4.90 Å². The summed E-state index contributed by atoms with van der Waals surface area (Å²) in [5.74, 6) is 0.336. The number of anilines is 1. The molecule has 1 aliphatic rings. The van der Waals surface area contributed by atoms with Crippen molar-refractivity contribution in [1.29, 1.82) is 0 Å². The first-order chi connectivity index (χ1) is 8.99. The molecule has 0 amide bonds. The summed E-state index contributed by atoms with van der Waals surface area (Å²) >= 11 is 2.12. The maximum atomic E-state index is 11.3. The fourth-order valence-corrected chi connectivity index (χ4v) is 3.28. The Labute approximate surface area is 125 Å². The van der Waals surface area contributed by atoms with E-state index in [1.165, 1.54) is 6.07 Å². The first-order valence-electron chi connectivity index (χ1n) is 6.17. The van der Waals surface area contributed by atoms with Crippen LogP contribution in [-0.4, -0.2) is 23.8 Å². The number of non-ortho nitro benzene ring substituents is 1. The highest BCUT2D eigenvalue weighted by molar-refractivity contribution is 14.1. The van der Waals surface area contributed by atoms with Crippen LogP contribution in [0.15, 0.2) is 18.2 Å². The summed E-state index contributed by atoms with van der Waals surface area (Å²) in [5.41, 5.74) is 1.10. The lowest BCUT2D eigenvalue weighted by Gasteiger charge is -2.33. The topological polar surface area (TPSA) is 63.4 Å². The monoisotopic (exact) mass is 374 g/mol. The zero-order chi connectivity index (χ0) is 14.0. The molecule has 0 radical (unpaired) electrons. The van der Waals surface area contributed by atoms with E-state index in [2.05, 4.69) is 27.5 Å². The average molecular weight is 374 g/mol. The number of nitro groups is 1. The predicted molar refractivity (Wildman–Crippen MR) is 81.5 cm³/mol. The minimum atomic E-state index is -0.384.